The number of nitrogens with one attached hydrogen (secondary N) is 4. The number of nitrogens with zero attached hydrogens (tertiary/aromatic N) is 4. The van der Waals surface area contributed by atoms with Crippen molar-refractivity contribution in [3.05, 3.63) is 59.9 Å². The molecule has 2 heterocycles. The van der Waals surface area contributed by atoms with Crippen molar-refractivity contribution in [1.29, 1.82) is 0 Å². The summed E-state index contributed by atoms with van der Waals surface area (Å²) in [7, 11) is 0. The van der Waals surface area contributed by atoms with Crippen LogP contribution in [0.5, 0.6) is 0 Å². The molecule has 4 rings (SSSR count). The molecule has 0 radical (unpaired) electrons. The van der Waals surface area contributed by atoms with Gasteiger partial charge in [-0.15, -0.1) is 0 Å². The summed E-state index contributed by atoms with van der Waals surface area (Å²) >= 11 is 0. The van der Waals surface area contributed by atoms with E-state index in [1.807, 2.05) is 18.2 Å². The number of hydrogen-bond donors (Lipinski definition) is 6. The number of hydrogen-bond acceptors (Lipinski definition) is 12. The lowest BCUT2D eigenvalue weighted by atomic mass is 9.93. The summed E-state index contributed by atoms with van der Waals surface area (Å²) in [6, 6.07) is 12.9. The Bertz CT molecular complexity index is 1190. The van der Waals surface area contributed by atoms with Crippen molar-refractivity contribution in [3.8, 4) is 0 Å². The lowest BCUT2D eigenvalue weighted by molar-refractivity contribution is 0.0511. The molecule has 13 heteroatoms. The second kappa shape index (κ2) is 16.4. The summed E-state index contributed by atoms with van der Waals surface area (Å²) in [6.45, 7) is 3.16. The van der Waals surface area contributed by atoms with Gasteiger partial charge in [-0.1, -0.05) is 6.07 Å². The van der Waals surface area contributed by atoms with Gasteiger partial charge in [0.2, 0.25) is 17.8 Å². The molecule has 1 fully saturated rings. The highest BCUT2D eigenvalue weighted by atomic mass is 16.5. The average molecular weight is 566 g/mol. The molecular formula is C28H39N9O4. The van der Waals surface area contributed by atoms with Crippen LogP contribution in [-0.2, 0) is 16.0 Å². The molecule has 41 heavy (non-hydrogen) atoms. The number of rotatable bonds is 16. The first-order valence-electron chi connectivity index (χ1n) is 13.9. The molecule has 2 aromatic heterocycles. The summed E-state index contributed by atoms with van der Waals surface area (Å²) in [5, 5.41) is 22.5. The van der Waals surface area contributed by atoms with E-state index in [1.54, 1.807) is 30.5 Å². The highest BCUT2D eigenvalue weighted by Crippen LogP contribution is 2.23. The van der Waals surface area contributed by atoms with Crippen LogP contribution in [-0.4, -0.2) is 82.6 Å². The number of carbonyl (C=O) groups excluding carboxylic acids is 1. The Morgan fingerprint density at radius 2 is 1.63 bits per heavy atom. The number of pyridine rings is 1. The summed E-state index contributed by atoms with van der Waals surface area (Å²) in [6.07, 6.45) is 4.66. The molecule has 3 aromatic rings. The van der Waals surface area contributed by atoms with Crippen molar-refractivity contribution in [2.75, 3.05) is 55.5 Å². The molecule has 0 unspecified atom stereocenters. The minimum atomic E-state index is -0.246. The van der Waals surface area contributed by atoms with Crippen LogP contribution in [0.15, 0.2) is 48.7 Å². The summed E-state index contributed by atoms with van der Waals surface area (Å²) in [4.78, 5) is 30.5. The lowest BCUT2D eigenvalue weighted by Gasteiger charge is -2.26. The predicted octanol–water partition coefficient (Wildman–Crippen LogP) is 2.06. The van der Waals surface area contributed by atoms with Gasteiger partial charge in [-0.3, -0.25) is 9.78 Å². The number of aliphatic hydroxyl groups is 1. The van der Waals surface area contributed by atoms with E-state index in [0.717, 1.165) is 37.1 Å². The Labute approximate surface area is 239 Å². The number of aliphatic hydroxyl groups excluding tert-OH is 1. The summed E-state index contributed by atoms with van der Waals surface area (Å²) in [5.41, 5.74) is 7.46. The first kappa shape index (κ1) is 30.1. The van der Waals surface area contributed by atoms with Gasteiger partial charge in [0.1, 0.15) is 0 Å². The van der Waals surface area contributed by atoms with Gasteiger partial charge in [-0.2, -0.15) is 15.0 Å². The lowest BCUT2D eigenvalue weighted by Crippen LogP contribution is -2.29. The first-order chi connectivity index (χ1) is 20.1. The van der Waals surface area contributed by atoms with Crippen LogP contribution >= 0.6 is 0 Å². The maximum absolute atomic E-state index is 12.5. The Kier molecular flexibility index (Phi) is 12.0. The number of aromatic nitrogens is 4. The summed E-state index contributed by atoms with van der Waals surface area (Å²) in [5.74, 6) is 1.00. The van der Waals surface area contributed by atoms with E-state index in [2.05, 4.69) is 41.2 Å². The second-order valence-electron chi connectivity index (χ2n) is 9.60. The number of amides is 1. The third kappa shape index (κ3) is 10.5. The normalized spacial score (nSPS) is 16.6. The van der Waals surface area contributed by atoms with Crippen molar-refractivity contribution in [3.63, 3.8) is 0 Å². The molecule has 1 aromatic carbocycles. The molecule has 220 valence electrons. The molecule has 0 saturated heterocycles. The number of ether oxygens (including phenoxy) is 2. The zero-order chi connectivity index (χ0) is 28.7. The maximum Gasteiger partial charge on any atom is 0.251 e. The second-order valence-corrected chi connectivity index (χ2v) is 9.60. The molecule has 13 nitrogen and oxygen atoms in total. The summed E-state index contributed by atoms with van der Waals surface area (Å²) < 4.78 is 10.7. The van der Waals surface area contributed by atoms with Gasteiger partial charge in [0.05, 0.1) is 44.8 Å². The molecule has 1 saturated carbocycles. The van der Waals surface area contributed by atoms with Gasteiger partial charge in [-0.05, 0) is 62.1 Å². The minimum absolute atomic E-state index is 0.171. The van der Waals surface area contributed by atoms with Crippen LogP contribution in [0.1, 0.15) is 41.7 Å². The van der Waals surface area contributed by atoms with Crippen LogP contribution in [0.3, 0.4) is 0 Å². The smallest absolute Gasteiger partial charge is 0.251 e. The van der Waals surface area contributed by atoms with E-state index in [9.17, 15) is 9.90 Å². The molecule has 0 bridgehead atoms. The highest BCUT2D eigenvalue weighted by molar-refractivity contribution is 5.94. The zero-order valence-corrected chi connectivity index (χ0v) is 23.1. The van der Waals surface area contributed by atoms with E-state index in [1.165, 1.54) is 0 Å². The van der Waals surface area contributed by atoms with Crippen LogP contribution in [0.2, 0.25) is 0 Å². The van der Waals surface area contributed by atoms with Gasteiger partial charge in [-0.25, -0.2) is 0 Å². The van der Waals surface area contributed by atoms with Gasteiger partial charge >= 0.3 is 0 Å². The van der Waals surface area contributed by atoms with Crippen molar-refractivity contribution in [2.24, 2.45) is 5.73 Å². The molecule has 1 aliphatic carbocycles. The molecular weight excluding hydrogens is 526 g/mol. The van der Waals surface area contributed by atoms with E-state index in [0.29, 0.717) is 69.5 Å². The van der Waals surface area contributed by atoms with Crippen molar-refractivity contribution >= 4 is 29.4 Å². The molecule has 0 aliphatic heterocycles. The van der Waals surface area contributed by atoms with Crippen LogP contribution in [0.25, 0.3) is 0 Å². The fraction of sp³-hybridized carbons (Fsp3) is 0.464. The Hall–Kier alpha value is -3.91. The molecule has 0 atom stereocenters. The Morgan fingerprint density at radius 3 is 2.37 bits per heavy atom. The van der Waals surface area contributed by atoms with Crippen LogP contribution in [0, 0.1) is 0 Å². The van der Waals surface area contributed by atoms with Gasteiger partial charge in [0, 0.05) is 36.6 Å². The molecule has 0 spiro atoms. The minimum Gasteiger partial charge on any atom is -0.393 e. The topological polar surface area (TPSA) is 181 Å². The van der Waals surface area contributed by atoms with Crippen molar-refractivity contribution in [1.82, 2.24) is 25.3 Å². The van der Waals surface area contributed by atoms with Gasteiger partial charge < -0.3 is 41.6 Å². The largest absolute Gasteiger partial charge is 0.393 e. The SMILES string of the molecule is NCCOCCOCCNC(=O)c1ccc(Nc2nc(NCc3ccccn3)nc(NC3CCC(O)CC3)n2)cc1. The van der Waals surface area contributed by atoms with Gasteiger partial charge in [0.15, 0.2) is 0 Å². The number of anilines is 4. The van der Waals surface area contributed by atoms with Crippen LogP contribution < -0.4 is 27.0 Å². The third-order valence-corrected chi connectivity index (χ3v) is 6.39. The molecule has 7 N–H and O–H groups in total. The fourth-order valence-electron chi connectivity index (χ4n) is 4.23. The van der Waals surface area contributed by atoms with Gasteiger partial charge in [0.25, 0.3) is 5.91 Å². The standard InChI is InChI=1S/C28H39N9O4/c29-12-15-40-17-18-41-16-14-31-25(39)20-4-6-21(7-5-20)33-27-35-26(32-19-23-3-1-2-13-30-23)36-28(37-27)34-22-8-10-24(38)11-9-22/h1-7,13,22,24,38H,8-12,14-19,29H2,(H,31,39)(H3,32,33,34,35,36,37). The highest BCUT2D eigenvalue weighted by Gasteiger charge is 2.20. The quantitative estimate of drug-likeness (QED) is 0.139. The average Bonchev–Trinajstić information content (AvgIpc) is 2.99. The Balaban J connectivity index is 1.33. The van der Waals surface area contributed by atoms with E-state index >= 15 is 0 Å². The Morgan fingerprint density at radius 1 is 0.902 bits per heavy atom. The van der Waals surface area contributed by atoms with Crippen molar-refractivity contribution in [2.45, 2.75) is 44.4 Å². The fourth-order valence-corrected chi connectivity index (χ4v) is 4.23. The number of carbonyl (C=O) groups is 1. The third-order valence-electron chi connectivity index (χ3n) is 6.39. The molecule has 1 aliphatic rings. The molecule has 1 amide bonds. The maximum atomic E-state index is 12.5. The first-order valence-corrected chi connectivity index (χ1v) is 13.9. The van der Waals surface area contributed by atoms with E-state index in [4.69, 9.17) is 15.2 Å². The number of nitrogens with two attached hydrogens (primary N) is 1. The van der Waals surface area contributed by atoms with E-state index < -0.39 is 0 Å². The predicted molar refractivity (Wildman–Crippen MR) is 156 cm³/mol. The monoisotopic (exact) mass is 565 g/mol. The number of benzene rings is 1. The van der Waals surface area contributed by atoms with Crippen molar-refractivity contribution < 1.29 is 19.4 Å². The zero-order valence-electron chi connectivity index (χ0n) is 23.1. The van der Waals surface area contributed by atoms with E-state index in [-0.39, 0.29) is 18.1 Å². The van der Waals surface area contributed by atoms with Crippen LogP contribution in [0.4, 0.5) is 23.5 Å².